The van der Waals surface area contributed by atoms with Gasteiger partial charge in [0.25, 0.3) is 0 Å². The van der Waals surface area contributed by atoms with Crippen molar-refractivity contribution in [1.82, 2.24) is 0 Å². The fraction of sp³-hybridized carbons (Fsp3) is 1.00. The Bertz CT molecular complexity index is 69.5. The van der Waals surface area contributed by atoms with Crippen LogP contribution in [0.4, 0.5) is 0 Å². The molecule has 0 aliphatic carbocycles. The van der Waals surface area contributed by atoms with E-state index in [4.69, 9.17) is 4.74 Å². The number of rotatable bonds is 1. The summed E-state index contributed by atoms with van der Waals surface area (Å²) in [4.78, 5) is 0. The molecule has 1 rings (SSSR count). The van der Waals surface area contributed by atoms with Gasteiger partial charge in [0.1, 0.15) is 0 Å². The van der Waals surface area contributed by atoms with Crippen molar-refractivity contribution >= 4 is 0 Å². The second-order valence-corrected chi connectivity index (χ2v) is 2.26. The van der Waals surface area contributed by atoms with Gasteiger partial charge in [-0.25, -0.2) is 0 Å². The normalized spacial score (nSPS) is 29.3. The van der Waals surface area contributed by atoms with E-state index in [2.05, 4.69) is 0 Å². The minimum atomic E-state index is -0.530. The van der Waals surface area contributed by atoms with Gasteiger partial charge >= 0.3 is 18.9 Å². The maximum Gasteiger partial charge on any atom is 1.00 e. The molecule has 48 valence electrons. The number of ether oxygens (including phenoxy) is 1. The Hall–Kier alpha value is 0.517. The molecule has 2 nitrogen and oxygen atoms in total. The van der Waals surface area contributed by atoms with Crippen molar-refractivity contribution in [3.8, 4) is 0 Å². The van der Waals surface area contributed by atoms with Crippen LogP contribution in [0.3, 0.4) is 0 Å². The number of hydrogen-bond donors (Lipinski definition) is 0. The van der Waals surface area contributed by atoms with Crippen molar-refractivity contribution in [3.63, 3.8) is 0 Å². The van der Waals surface area contributed by atoms with Crippen molar-refractivity contribution in [3.05, 3.63) is 0 Å². The van der Waals surface area contributed by atoms with E-state index in [0.717, 1.165) is 19.4 Å². The second kappa shape index (κ2) is 4.35. The van der Waals surface area contributed by atoms with Gasteiger partial charge in [-0.3, -0.25) is 0 Å². The van der Waals surface area contributed by atoms with Crippen molar-refractivity contribution in [2.75, 3.05) is 6.61 Å². The first-order valence-corrected chi connectivity index (χ1v) is 3.08. The summed E-state index contributed by atoms with van der Waals surface area (Å²) >= 11 is 0. The van der Waals surface area contributed by atoms with Crippen LogP contribution in [-0.4, -0.2) is 18.8 Å². The molecule has 1 saturated heterocycles. The van der Waals surface area contributed by atoms with Gasteiger partial charge in [-0.2, -0.15) is 0 Å². The molecule has 0 N–H and O–H groups in total. The summed E-state index contributed by atoms with van der Waals surface area (Å²) in [6, 6.07) is 0. The summed E-state index contributed by atoms with van der Waals surface area (Å²) < 4.78 is 5.10. The zero-order valence-corrected chi connectivity index (χ0v) is 6.09. The Balaban J connectivity index is 0.000000640. The average Bonchev–Trinajstić information content (AvgIpc) is 2.12. The molecule has 0 spiro atoms. The van der Waals surface area contributed by atoms with Crippen LogP contribution in [-0.2, 0) is 4.74 Å². The van der Waals surface area contributed by atoms with Crippen LogP contribution in [0.25, 0.3) is 0 Å². The molecule has 3 heteroatoms. The van der Waals surface area contributed by atoms with E-state index in [1.54, 1.807) is 6.92 Å². The van der Waals surface area contributed by atoms with Gasteiger partial charge in [-0.15, -0.1) is 6.10 Å². The minimum Gasteiger partial charge on any atom is -0.850 e. The largest absolute Gasteiger partial charge is 1.00 e. The molecule has 0 bridgehead atoms. The Morgan fingerprint density at radius 2 is 2.33 bits per heavy atom. The van der Waals surface area contributed by atoms with Crippen molar-refractivity contribution in [1.29, 1.82) is 0 Å². The van der Waals surface area contributed by atoms with Crippen molar-refractivity contribution in [2.24, 2.45) is 0 Å². The monoisotopic (exact) mass is 122 g/mol. The van der Waals surface area contributed by atoms with E-state index in [1.165, 1.54) is 0 Å². The molecule has 0 aromatic rings. The summed E-state index contributed by atoms with van der Waals surface area (Å²) in [5, 5.41) is 10.6. The van der Waals surface area contributed by atoms with Crippen LogP contribution in [0.1, 0.15) is 19.8 Å². The van der Waals surface area contributed by atoms with E-state index in [-0.39, 0.29) is 25.0 Å². The van der Waals surface area contributed by atoms with Gasteiger partial charge in [-0.1, -0.05) is 6.92 Å². The average molecular weight is 122 g/mol. The van der Waals surface area contributed by atoms with Gasteiger partial charge < -0.3 is 9.84 Å². The molecule has 1 heterocycles. The molecule has 9 heavy (non-hydrogen) atoms. The van der Waals surface area contributed by atoms with E-state index < -0.39 is 6.10 Å². The minimum absolute atomic E-state index is 0. The summed E-state index contributed by atoms with van der Waals surface area (Å²) in [6.07, 6.45) is 1.51. The van der Waals surface area contributed by atoms with Gasteiger partial charge in [0, 0.05) is 12.7 Å². The molecule has 2 unspecified atom stereocenters. The Morgan fingerprint density at radius 3 is 2.56 bits per heavy atom. The summed E-state index contributed by atoms with van der Waals surface area (Å²) in [6.45, 7) is 2.45. The van der Waals surface area contributed by atoms with Crippen LogP contribution in [0.15, 0.2) is 0 Å². The topological polar surface area (TPSA) is 32.3 Å². The molecule has 1 aliphatic heterocycles. The van der Waals surface area contributed by atoms with E-state index in [1.807, 2.05) is 0 Å². The van der Waals surface area contributed by atoms with E-state index >= 15 is 0 Å². The maximum atomic E-state index is 10.6. The first kappa shape index (κ1) is 9.52. The predicted molar refractivity (Wildman–Crippen MR) is 28.4 cm³/mol. The zero-order chi connectivity index (χ0) is 5.98. The van der Waals surface area contributed by atoms with Crippen LogP contribution >= 0.6 is 0 Å². The molecule has 1 aliphatic rings. The van der Waals surface area contributed by atoms with Crippen LogP contribution in [0, 0.1) is 0 Å². The maximum absolute atomic E-state index is 10.6. The molecule has 2 atom stereocenters. The van der Waals surface area contributed by atoms with Gasteiger partial charge in [0.05, 0.1) is 0 Å². The van der Waals surface area contributed by atoms with E-state index in [9.17, 15) is 5.11 Å². The third-order valence-corrected chi connectivity index (χ3v) is 1.49. The third kappa shape index (κ3) is 2.73. The van der Waals surface area contributed by atoms with Crippen LogP contribution in [0.2, 0.25) is 0 Å². The molecule has 0 saturated carbocycles. The van der Waals surface area contributed by atoms with E-state index in [0.29, 0.717) is 0 Å². The Labute approximate surface area is 67.8 Å². The first-order valence-electron chi connectivity index (χ1n) is 3.08. The number of hydrogen-bond acceptors (Lipinski definition) is 2. The van der Waals surface area contributed by atoms with Gasteiger partial charge in [0.2, 0.25) is 0 Å². The second-order valence-electron chi connectivity index (χ2n) is 2.26. The predicted octanol–water partition coefficient (Wildman–Crippen LogP) is -3.08. The van der Waals surface area contributed by atoms with Crippen LogP contribution < -0.4 is 24.0 Å². The molecule has 0 radical (unpaired) electrons. The third-order valence-electron chi connectivity index (χ3n) is 1.49. The quantitative estimate of drug-likeness (QED) is 0.345. The zero-order valence-electron chi connectivity index (χ0n) is 6.09. The Morgan fingerprint density at radius 1 is 1.67 bits per heavy atom. The smallest absolute Gasteiger partial charge is 0.850 e. The van der Waals surface area contributed by atoms with Crippen molar-refractivity contribution in [2.45, 2.75) is 32.0 Å². The molecular formula is C6H11LiO2. The SMILES string of the molecule is CC([O-])C1CCCO1.[Li+]. The summed E-state index contributed by atoms with van der Waals surface area (Å²) in [5.74, 6) is 0. The fourth-order valence-electron chi connectivity index (χ4n) is 0.973. The van der Waals surface area contributed by atoms with Gasteiger partial charge in [0.15, 0.2) is 0 Å². The molecule has 1 fully saturated rings. The Kier molecular flexibility index (Phi) is 4.60. The first-order chi connectivity index (χ1) is 3.80. The summed E-state index contributed by atoms with van der Waals surface area (Å²) in [7, 11) is 0. The molecule has 0 aromatic heterocycles. The standard InChI is InChI=1S/C6H11O2.Li/c1-5(7)6-3-2-4-8-6;/h5-6H,2-4H2,1H3;/q-1;+1. The molecule has 0 amide bonds. The van der Waals surface area contributed by atoms with Crippen molar-refractivity contribution < 1.29 is 28.7 Å². The fourth-order valence-corrected chi connectivity index (χ4v) is 0.973. The molecule has 0 aromatic carbocycles. The van der Waals surface area contributed by atoms with Gasteiger partial charge in [-0.05, 0) is 12.8 Å². The summed E-state index contributed by atoms with van der Waals surface area (Å²) in [5.41, 5.74) is 0. The van der Waals surface area contributed by atoms with Crippen LogP contribution in [0.5, 0.6) is 0 Å². The molecular weight excluding hydrogens is 111 g/mol.